The summed E-state index contributed by atoms with van der Waals surface area (Å²) in [6.45, 7) is 10.3. The van der Waals surface area contributed by atoms with Gasteiger partial charge in [-0.15, -0.1) is 0 Å². The largest absolute Gasteiger partial charge is 0.481 e. The Kier molecular flexibility index (Phi) is 16.4. The molecule has 1 heterocycles. The fourth-order valence-electron chi connectivity index (χ4n) is 5.45. The molecule has 2 N–H and O–H groups in total. The molecule has 2 unspecified atom stereocenters. The molecule has 206 valence electrons. The molecule has 0 amide bonds. The second-order valence-electron chi connectivity index (χ2n) is 10.6. The van der Waals surface area contributed by atoms with E-state index in [1.807, 2.05) is 0 Å². The van der Waals surface area contributed by atoms with E-state index in [4.69, 9.17) is 9.84 Å². The van der Waals surface area contributed by atoms with Crippen LogP contribution in [0.4, 0.5) is 0 Å². The van der Waals surface area contributed by atoms with Gasteiger partial charge in [-0.05, 0) is 55.1 Å². The van der Waals surface area contributed by atoms with Crippen LogP contribution in [0, 0.1) is 17.3 Å². The zero-order chi connectivity index (χ0) is 26.8. The number of unbranched alkanes of at least 4 members (excludes halogenated alkanes) is 2. The monoisotopic (exact) mass is 504 g/mol. The van der Waals surface area contributed by atoms with Gasteiger partial charge in [-0.2, -0.15) is 0 Å². The lowest BCUT2D eigenvalue weighted by Gasteiger charge is -2.36. The van der Waals surface area contributed by atoms with Gasteiger partial charge in [-0.1, -0.05) is 103 Å². The number of fused-ring (bicyclic) bond motifs is 1. The molecule has 2 atom stereocenters. The molecule has 36 heavy (non-hydrogen) atoms. The summed E-state index contributed by atoms with van der Waals surface area (Å²) in [7, 11) is 0. The summed E-state index contributed by atoms with van der Waals surface area (Å²) >= 11 is 0. The molecule has 1 aliphatic heterocycles. The predicted octanol–water partition coefficient (Wildman–Crippen LogP) is 8.28. The highest BCUT2D eigenvalue weighted by atomic mass is 16.5. The van der Waals surface area contributed by atoms with Gasteiger partial charge in [0.15, 0.2) is 0 Å². The number of carboxylic acid groups (broad SMARTS) is 2. The van der Waals surface area contributed by atoms with Crippen molar-refractivity contribution in [2.24, 2.45) is 17.3 Å². The van der Waals surface area contributed by atoms with E-state index < -0.39 is 17.4 Å². The minimum atomic E-state index is -0.833. The van der Waals surface area contributed by atoms with Gasteiger partial charge in [0.2, 0.25) is 0 Å². The van der Waals surface area contributed by atoms with Crippen molar-refractivity contribution in [3.05, 3.63) is 35.4 Å². The van der Waals surface area contributed by atoms with E-state index in [1.54, 1.807) is 0 Å². The van der Waals surface area contributed by atoms with Crippen LogP contribution in [0.2, 0.25) is 0 Å². The summed E-state index contributed by atoms with van der Waals surface area (Å²) in [5, 5.41) is 19.2. The molecule has 2 rings (SSSR count). The molecule has 1 aromatic rings. The van der Waals surface area contributed by atoms with Crippen molar-refractivity contribution in [1.29, 1.82) is 0 Å². The maximum Gasteiger partial charge on any atom is 0.309 e. The standard InChI is InChI=1S/C22H42O4.C9H10O/c1-5-9-12-18(7-3)16-22(21(25)26,15-11-14-20(23)24)17-19(8-4)13-10-6-2;1-2-4-9-7-10-6-5-8(9)3-1/h18-19H,5-17H2,1-4H3,(H,23,24)(H,25,26);1-4H,5-7H2. The second-order valence-corrected chi connectivity index (χ2v) is 10.6. The van der Waals surface area contributed by atoms with Gasteiger partial charge < -0.3 is 14.9 Å². The van der Waals surface area contributed by atoms with Crippen molar-refractivity contribution in [2.45, 2.75) is 124 Å². The van der Waals surface area contributed by atoms with Crippen molar-refractivity contribution in [3.8, 4) is 0 Å². The number of carbonyl (C=O) groups is 2. The van der Waals surface area contributed by atoms with Crippen LogP contribution in [0.15, 0.2) is 24.3 Å². The van der Waals surface area contributed by atoms with E-state index in [2.05, 4.69) is 52.0 Å². The summed E-state index contributed by atoms with van der Waals surface area (Å²) < 4.78 is 5.30. The zero-order valence-electron chi connectivity index (χ0n) is 23.4. The third kappa shape index (κ3) is 11.9. The van der Waals surface area contributed by atoms with E-state index in [0.717, 1.165) is 71.0 Å². The van der Waals surface area contributed by atoms with Crippen LogP contribution in [0.5, 0.6) is 0 Å². The van der Waals surface area contributed by atoms with Crippen LogP contribution < -0.4 is 0 Å². The Hall–Kier alpha value is -1.88. The summed E-state index contributed by atoms with van der Waals surface area (Å²) in [5.74, 6) is -0.716. The van der Waals surface area contributed by atoms with Crippen molar-refractivity contribution >= 4 is 11.9 Å². The third-order valence-electron chi connectivity index (χ3n) is 7.84. The van der Waals surface area contributed by atoms with Gasteiger partial charge in [0.05, 0.1) is 18.6 Å². The average molecular weight is 505 g/mol. The molecule has 1 aliphatic rings. The molecule has 0 bridgehead atoms. The topological polar surface area (TPSA) is 83.8 Å². The molecule has 1 aromatic carbocycles. The molecule has 0 aliphatic carbocycles. The quantitative estimate of drug-likeness (QED) is 0.223. The lowest BCUT2D eigenvalue weighted by Crippen LogP contribution is -2.36. The molecule has 0 saturated heterocycles. The maximum absolute atomic E-state index is 12.4. The minimum Gasteiger partial charge on any atom is -0.481 e. The first-order chi connectivity index (χ1) is 17.3. The molecule has 0 aromatic heterocycles. The van der Waals surface area contributed by atoms with E-state index in [1.165, 1.54) is 11.1 Å². The summed E-state index contributed by atoms with van der Waals surface area (Å²) in [6, 6.07) is 8.46. The van der Waals surface area contributed by atoms with Gasteiger partial charge in [0, 0.05) is 6.42 Å². The first-order valence-electron chi connectivity index (χ1n) is 14.4. The van der Waals surface area contributed by atoms with Crippen molar-refractivity contribution in [3.63, 3.8) is 0 Å². The Balaban J connectivity index is 0.000000526. The van der Waals surface area contributed by atoms with Crippen LogP contribution in [0.3, 0.4) is 0 Å². The molecule has 0 fully saturated rings. The Labute approximate surface area is 220 Å². The smallest absolute Gasteiger partial charge is 0.309 e. The van der Waals surface area contributed by atoms with E-state index in [9.17, 15) is 14.7 Å². The molecule has 0 spiro atoms. The van der Waals surface area contributed by atoms with Crippen LogP contribution in [0.25, 0.3) is 0 Å². The lowest BCUT2D eigenvalue weighted by molar-refractivity contribution is -0.153. The molecular weight excluding hydrogens is 452 g/mol. The van der Waals surface area contributed by atoms with Crippen molar-refractivity contribution in [1.82, 2.24) is 0 Å². The Morgan fingerprint density at radius 1 is 0.889 bits per heavy atom. The Morgan fingerprint density at radius 3 is 1.89 bits per heavy atom. The predicted molar refractivity (Wildman–Crippen MR) is 147 cm³/mol. The van der Waals surface area contributed by atoms with E-state index in [0.29, 0.717) is 37.5 Å². The highest BCUT2D eigenvalue weighted by Gasteiger charge is 2.41. The van der Waals surface area contributed by atoms with Crippen LogP contribution in [-0.2, 0) is 27.4 Å². The molecule has 5 nitrogen and oxygen atoms in total. The number of benzene rings is 1. The van der Waals surface area contributed by atoms with Crippen LogP contribution >= 0.6 is 0 Å². The van der Waals surface area contributed by atoms with Crippen LogP contribution in [-0.4, -0.2) is 28.8 Å². The number of rotatable bonds is 17. The number of aliphatic carboxylic acids is 2. The summed E-state index contributed by atoms with van der Waals surface area (Å²) in [5.41, 5.74) is 2.04. The third-order valence-corrected chi connectivity index (χ3v) is 7.84. The molecular formula is C31H52O5. The second kappa shape index (κ2) is 18.4. The highest BCUT2D eigenvalue weighted by molar-refractivity contribution is 5.75. The number of hydrogen-bond acceptors (Lipinski definition) is 3. The van der Waals surface area contributed by atoms with Crippen molar-refractivity contribution in [2.75, 3.05) is 6.61 Å². The Morgan fingerprint density at radius 2 is 1.44 bits per heavy atom. The number of hydrogen-bond donors (Lipinski definition) is 2. The zero-order valence-corrected chi connectivity index (χ0v) is 23.4. The highest BCUT2D eigenvalue weighted by Crippen LogP contribution is 2.43. The van der Waals surface area contributed by atoms with E-state index >= 15 is 0 Å². The first-order valence-corrected chi connectivity index (χ1v) is 14.4. The molecule has 5 heteroatoms. The minimum absolute atomic E-state index is 0.0620. The van der Waals surface area contributed by atoms with Gasteiger partial charge in [0.25, 0.3) is 0 Å². The van der Waals surface area contributed by atoms with Crippen molar-refractivity contribution < 1.29 is 24.5 Å². The SMILES string of the molecule is CCCCC(CC)CC(CCCC(=O)O)(CC(CC)CCCC)C(=O)O.c1ccc2c(c1)CCOC2. The summed E-state index contributed by atoms with van der Waals surface area (Å²) in [6.07, 6.45) is 12.2. The van der Waals surface area contributed by atoms with E-state index in [-0.39, 0.29) is 6.42 Å². The van der Waals surface area contributed by atoms with Gasteiger partial charge >= 0.3 is 11.9 Å². The molecule has 0 saturated carbocycles. The van der Waals surface area contributed by atoms with Gasteiger partial charge in [-0.3, -0.25) is 9.59 Å². The fraction of sp³-hybridized carbons (Fsp3) is 0.742. The average Bonchev–Trinajstić information content (AvgIpc) is 2.88. The fourth-order valence-corrected chi connectivity index (χ4v) is 5.45. The summed E-state index contributed by atoms with van der Waals surface area (Å²) in [4.78, 5) is 23.3. The van der Waals surface area contributed by atoms with Gasteiger partial charge in [0.1, 0.15) is 0 Å². The van der Waals surface area contributed by atoms with Gasteiger partial charge in [-0.25, -0.2) is 0 Å². The number of ether oxygens (including phenoxy) is 1. The maximum atomic E-state index is 12.4. The lowest BCUT2D eigenvalue weighted by atomic mass is 9.68. The van der Waals surface area contributed by atoms with Crippen LogP contribution in [0.1, 0.15) is 122 Å². The first kappa shape index (κ1) is 32.1. The molecule has 0 radical (unpaired) electrons. The normalized spacial score (nSPS) is 16.1. The number of carboxylic acids is 2. The Bertz CT molecular complexity index is 701.